The number of amides is 1. The van der Waals surface area contributed by atoms with Gasteiger partial charge in [0.1, 0.15) is 5.25 Å². The first kappa shape index (κ1) is 12.6. The number of thioether (sulfide) groups is 1. The summed E-state index contributed by atoms with van der Waals surface area (Å²) in [4.78, 5) is 13.2. The number of hydrogen-bond acceptors (Lipinski definition) is 3. The van der Waals surface area contributed by atoms with Gasteiger partial charge in [0.25, 0.3) is 0 Å². The summed E-state index contributed by atoms with van der Waals surface area (Å²) in [5.41, 5.74) is 8.19. The maximum atomic E-state index is 12.2. The Hall–Kier alpha value is -1.46. The van der Waals surface area contributed by atoms with E-state index in [-0.39, 0.29) is 11.2 Å². The Morgan fingerprint density at radius 3 is 2.63 bits per heavy atom. The number of carbonyl (C=O) groups excluding carboxylic acids is 1. The third-order valence-electron chi connectivity index (χ3n) is 2.96. The molecule has 19 heavy (non-hydrogen) atoms. The van der Waals surface area contributed by atoms with Crippen molar-refractivity contribution in [3.8, 4) is 0 Å². The molecule has 1 aliphatic heterocycles. The van der Waals surface area contributed by atoms with Crippen LogP contribution in [0, 0.1) is 0 Å². The van der Waals surface area contributed by atoms with Gasteiger partial charge in [0.15, 0.2) is 0 Å². The van der Waals surface area contributed by atoms with Gasteiger partial charge in [-0.25, -0.2) is 0 Å². The molecule has 3 nitrogen and oxygen atoms in total. The van der Waals surface area contributed by atoms with Crippen molar-refractivity contribution in [3.05, 3.63) is 52.5 Å². The number of benzene rings is 2. The lowest BCUT2D eigenvalue weighted by molar-refractivity contribution is -0.115. The van der Waals surface area contributed by atoms with Crippen LogP contribution in [-0.4, -0.2) is 5.91 Å². The molecule has 96 valence electrons. The fraction of sp³-hybridized carbons (Fsp3) is 0.0714. The second-order valence-corrected chi connectivity index (χ2v) is 6.32. The van der Waals surface area contributed by atoms with Crippen LogP contribution in [0.5, 0.6) is 0 Å². The number of carbonyl (C=O) groups is 1. The molecule has 0 bridgehead atoms. The third kappa shape index (κ3) is 2.35. The standard InChI is InChI=1S/C14H11BrN2OS/c15-9-6-4-8(5-7-9)13-14(18)17-12-10(16)2-1-3-11(12)19-13/h1-7,13H,16H2,(H,17,18). The highest BCUT2D eigenvalue weighted by atomic mass is 79.9. The lowest BCUT2D eigenvalue weighted by Crippen LogP contribution is -2.23. The molecule has 1 atom stereocenters. The first-order valence-electron chi connectivity index (χ1n) is 5.76. The van der Waals surface area contributed by atoms with Crippen LogP contribution in [-0.2, 0) is 4.79 Å². The SMILES string of the molecule is Nc1cccc2c1NC(=O)C(c1ccc(Br)cc1)S2. The van der Waals surface area contributed by atoms with E-state index in [9.17, 15) is 4.79 Å². The maximum absolute atomic E-state index is 12.2. The molecule has 0 spiro atoms. The van der Waals surface area contributed by atoms with Crippen molar-refractivity contribution in [2.45, 2.75) is 10.1 Å². The number of rotatable bonds is 1. The minimum atomic E-state index is -0.234. The summed E-state index contributed by atoms with van der Waals surface area (Å²) in [6.07, 6.45) is 0. The van der Waals surface area contributed by atoms with Gasteiger partial charge in [-0.2, -0.15) is 0 Å². The predicted molar refractivity (Wildman–Crippen MR) is 82.2 cm³/mol. The van der Waals surface area contributed by atoms with Gasteiger partial charge in [0, 0.05) is 9.37 Å². The Bertz CT molecular complexity index is 642. The monoisotopic (exact) mass is 334 g/mol. The molecule has 3 rings (SSSR count). The summed E-state index contributed by atoms with van der Waals surface area (Å²) in [6, 6.07) is 13.5. The number of halogens is 1. The molecule has 0 aromatic heterocycles. The summed E-state index contributed by atoms with van der Waals surface area (Å²) in [6.45, 7) is 0. The molecular formula is C14H11BrN2OS. The van der Waals surface area contributed by atoms with Crippen LogP contribution in [0.4, 0.5) is 11.4 Å². The van der Waals surface area contributed by atoms with Gasteiger partial charge in [-0.1, -0.05) is 34.1 Å². The fourth-order valence-electron chi connectivity index (χ4n) is 2.01. The molecule has 0 fully saturated rings. The van der Waals surface area contributed by atoms with E-state index in [0.717, 1.165) is 20.6 Å². The second-order valence-electron chi connectivity index (χ2n) is 4.26. The first-order valence-corrected chi connectivity index (χ1v) is 7.44. The number of fused-ring (bicyclic) bond motifs is 1. The van der Waals surface area contributed by atoms with Crippen LogP contribution < -0.4 is 11.1 Å². The normalized spacial score (nSPS) is 17.7. The smallest absolute Gasteiger partial charge is 0.242 e. The average Bonchev–Trinajstić information content (AvgIpc) is 2.40. The topological polar surface area (TPSA) is 55.1 Å². The number of anilines is 2. The van der Waals surface area contributed by atoms with E-state index in [2.05, 4.69) is 21.2 Å². The van der Waals surface area contributed by atoms with E-state index >= 15 is 0 Å². The molecule has 2 aromatic carbocycles. The zero-order valence-electron chi connectivity index (χ0n) is 9.89. The van der Waals surface area contributed by atoms with Gasteiger partial charge in [-0.15, -0.1) is 11.8 Å². The second kappa shape index (κ2) is 4.90. The lowest BCUT2D eigenvalue weighted by Gasteiger charge is -2.25. The Balaban J connectivity index is 1.98. The summed E-state index contributed by atoms with van der Waals surface area (Å²) in [5.74, 6) is -0.0299. The largest absolute Gasteiger partial charge is 0.397 e. The van der Waals surface area contributed by atoms with Crippen LogP contribution in [0.2, 0.25) is 0 Å². The van der Waals surface area contributed by atoms with E-state index in [0.29, 0.717) is 5.69 Å². The summed E-state index contributed by atoms with van der Waals surface area (Å²) < 4.78 is 1.00. The van der Waals surface area contributed by atoms with Crippen molar-refractivity contribution >= 4 is 45.0 Å². The Morgan fingerprint density at radius 1 is 1.16 bits per heavy atom. The molecule has 1 amide bonds. The van der Waals surface area contributed by atoms with Crippen LogP contribution in [0.25, 0.3) is 0 Å². The molecule has 0 radical (unpaired) electrons. The highest BCUT2D eigenvalue weighted by Gasteiger charge is 2.29. The zero-order chi connectivity index (χ0) is 13.4. The van der Waals surface area contributed by atoms with E-state index < -0.39 is 0 Å². The molecule has 1 aliphatic rings. The van der Waals surface area contributed by atoms with Crippen molar-refractivity contribution < 1.29 is 4.79 Å². The molecule has 0 saturated heterocycles. The quantitative estimate of drug-likeness (QED) is 0.779. The van der Waals surface area contributed by atoms with Gasteiger partial charge in [-0.05, 0) is 29.8 Å². The number of nitrogens with two attached hydrogens (primary N) is 1. The predicted octanol–water partition coefficient (Wildman–Crippen LogP) is 3.82. The number of hydrogen-bond donors (Lipinski definition) is 2. The van der Waals surface area contributed by atoms with Crippen LogP contribution in [0.15, 0.2) is 51.8 Å². The maximum Gasteiger partial charge on any atom is 0.242 e. The Morgan fingerprint density at radius 2 is 1.89 bits per heavy atom. The molecule has 5 heteroatoms. The fourth-order valence-corrected chi connectivity index (χ4v) is 3.43. The number of para-hydroxylation sites is 1. The molecule has 0 saturated carbocycles. The zero-order valence-corrected chi connectivity index (χ0v) is 12.3. The van der Waals surface area contributed by atoms with Gasteiger partial charge >= 0.3 is 0 Å². The van der Waals surface area contributed by atoms with Gasteiger partial charge < -0.3 is 11.1 Å². The van der Waals surface area contributed by atoms with E-state index in [4.69, 9.17) is 5.73 Å². The first-order chi connectivity index (χ1) is 9.15. The van der Waals surface area contributed by atoms with Crippen molar-refractivity contribution in [2.24, 2.45) is 0 Å². The van der Waals surface area contributed by atoms with Crippen LogP contribution in [0.1, 0.15) is 10.8 Å². The van der Waals surface area contributed by atoms with Crippen molar-refractivity contribution in [1.82, 2.24) is 0 Å². The minimum Gasteiger partial charge on any atom is -0.397 e. The summed E-state index contributed by atoms with van der Waals surface area (Å²) in [5, 5.41) is 2.66. The number of nitrogens with one attached hydrogen (secondary N) is 1. The van der Waals surface area contributed by atoms with Gasteiger partial charge in [-0.3, -0.25) is 4.79 Å². The Kier molecular flexibility index (Phi) is 3.24. The van der Waals surface area contributed by atoms with Crippen LogP contribution in [0.3, 0.4) is 0 Å². The Labute approximate surface area is 123 Å². The van der Waals surface area contributed by atoms with Crippen LogP contribution >= 0.6 is 27.7 Å². The summed E-state index contributed by atoms with van der Waals surface area (Å²) >= 11 is 4.93. The van der Waals surface area contributed by atoms with E-state index in [1.54, 1.807) is 6.07 Å². The highest BCUT2D eigenvalue weighted by Crippen LogP contribution is 2.45. The van der Waals surface area contributed by atoms with Gasteiger partial charge in [0.2, 0.25) is 5.91 Å². The molecule has 1 unspecified atom stereocenters. The molecule has 1 heterocycles. The van der Waals surface area contributed by atoms with Gasteiger partial charge in [0.05, 0.1) is 11.4 Å². The lowest BCUT2D eigenvalue weighted by atomic mass is 10.1. The molecule has 0 aliphatic carbocycles. The minimum absolute atomic E-state index is 0.0299. The highest BCUT2D eigenvalue weighted by molar-refractivity contribution is 9.10. The summed E-state index contributed by atoms with van der Waals surface area (Å²) in [7, 11) is 0. The van der Waals surface area contributed by atoms with Crippen molar-refractivity contribution in [1.29, 1.82) is 0 Å². The average molecular weight is 335 g/mol. The molecule has 3 N–H and O–H groups in total. The van der Waals surface area contributed by atoms with Crippen molar-refractivity contribution in [2.75, 3.05) is 11.1 Å². The number of nitrogen functional groups attached to an aromatic ring is 1. The van der Waals surface area contributed by atoms with E-state index in [1.807, 2.05) is 36.4 Å². The van der Waals surface area contributed by atoms with Crippen molar-refractivity contribution in [3.63, 3.8) is 0 Å². The molecule has 2 aromatic rings. The van der Waals surface area contributed by atoms with E-state index in [1.165, 1.54) is 11.8 Å². The third-order valence-corrected chi connectivity index (χ3v) is 4.81. The molecular weight excluding hydrogens is 324 g/mol.